The van der Waals surface area contributed by atoms with Crippen LogP contribution in [0.4, 0.5) is 0 Å². The average molecular weight is 220 g/mol. The molecule has 0 saturated heterocycles. The number of rotatable bonds is 3. The van der Waals surface area contributed by atoms with Crippen LogP contribution in [0.3, 0.4) is 0 Å². The second-order valence-electron chi connectivity index (χ2n) is 3.38. The third-order valence-electron chi connectivity index (χ3n) is 2.46. The van der Waals surface area contributed by atoms with Crippen molar-refractivity contribution >= 4 is 23.7 Å². The fourth-order valence-electron chi connectivity index (χ4n) is 1.24. The maximum Gasteiger partial charge on any atom is 0.0418 e. The standard InChI is InChI=1S/C10H17NS.ClH/c1-4-7(2)9(11)10-8(3)5-6-12-10;/h5-7,9H,4,11H2,1-3H3;1H/t7?,9-;/m0./s1. The Kier molecular flexibility index (Phi) is 5.61. The Morgan fingerprint density at radius 2 is 2.15 bits per heavy atom. The quantitative estimate of drug-likeness (QED) is 0.827. The lowest BCUT2D eigenvalue weighted by molar-refractivity contribution is 0.461. The maximum absolute atomic E-state index is 6.10. The predicted molar refractivity (Wildman–Crippen MR) is 62.7 cm³/mol. The first-order valence-electron chi connectivity index (χ1n) is 4.46. The molecule has 0 saturated carbocycles. The first kappa shape index (κ1) is 12.9. The predicted octanol–water partition coefficient (Wildman–Crippen LogP) is 3.52. The molecule has 2 atom stereocenters. The average Bonchev–Trinajstić information content (AvgIpc) is 2.48. The van der Waals surface area contributed by atoms with Gasteiger partial charge < -0.3 is 5.73 Å². The Morgan fingerprint density at radius 1 is 1.54 bits per heavy atom. The van der Waals surface area contributed by atoms with Crippen molar-refractivity contribution in [3.8, 4) is 0 Å². The van der Waals surface area contributed by atoms with E-state index in [1.807, 2.05) is 0 Å². The molecule has 13 heavy (non-hydrogen) atoms. The van der Waals surface area contributed by atoms with Crippen LogP contribution in [-0.2, 0) is 0 Å². The van der Waals surface area contributed by atoms with Gasteiger partial charge in [0.25, 0.3) is 0 Å². The summed E-state index contributed by atoms with van der Waals surface area (Å²) in [6.07, 6.45) is 1.15. The van der Waals surface area contributed by atoms with Crippen molar-refractivity contribution in [2.24, 2.45) is 11.7 Å². The SMILES string of the molecule is CCC(C)[C@H](N)c1sccc1C.Cl. The van der Waals surface area contributed by atoms with Gasteiger partial charge in [-0.2, -0.15) is 0 Å². The van der Waals surface area contributed by atoms with Gasteiger partial charge in [-0.1, -0.05) is 20.3 Å². The molecule has 76 valence electrons. The topological polar surface area (TPSA) is 26.0 Å². The molecule has 1 aromatic rings. The van der Waals surface area contributed by atoms with Crippen LogP contribution >= 0.6 is 23.7 Å². The van der Waals surface area contributed by atoms with E-state index in [2.05, 4.69) is 32.2 Å². The van der Waals surface area contributed by atoms with Crippen LogP contribution < -0.4 is 5.73 Å². The summed E-state index contributed by atoms with van der Waals surface area (Å²) in [5.41, 5.74) is 7.45. The lowest BCUT2D eigenvalue weighted by Crippen LogP contribution is -2.17. The number of nitrogens with two attached hydrogens (primary N) is 1. The first-order valence-corrected chi connectivity index (χ1v) is 5.34. The summed E-state index contributed by atoms with van der Waals surface area (Å²) >= 11 is 1.78. The molecule has 0 bridgehead atoms. The smallest absolute Gasteiger partial charge is 0.0418 e. The van der Waals surface area contributed by atoms with Gasteiger partial charge in [0.2, 0.25) is 0 Å². The van der Waals surface area contributed by atoms with Gasteiger partial charge in [0.15, 0.2) is 0 Å². The molecule has 0 radical (unpaired) electrons. The van der Waals surface area contributed by atoms with E-state index in [9.17, 15) is 0 Å². The number of hydrogen-bond donors (Lipinski definition) is 1. The summed E-state index contributed by atoms with van der Waals surface area (Å²) in [5, 5.41) is 2.12. The van der Waals surface area contributed by atoms with E-state index in [0.717, 1.165) is 6.42 Å². The molecule has 1 rings (SSSR count). The fraction of sp³-hybridized carbons (Fsp3) is 0.600. The second kappa shape index (κ2) is 5.63. The third kappa shape index (κ3) is 2.97. The van der Waals surface area contributed by atoms with Crippen molar-refractivity contribution in [1.29, 1.82) is 0 Å². The normalized spacial score (nSPS) is 14.8. The summed E-state index contributed by atoms with van der Waals surface area (Å²) in [7, 11) is 0. The molecule has 0 aliphatic carbocycles. The van der Waals surface area contributed by atoms with Gasteiger partial charge in [0, 0.05) is 10.9 Å². The zero-order valence-electron chi connectivity index (χ0n) is 8.41. The van der Waals surface area contributed by atoms with E-state index in [1.54, 1.807) is 11.3 Å². The molecule has 2 N–H and O–H groups in total. The summed E-state index contributed by atoms with van der Waals surface area (Å²) in [4.78, 5) is 1.35. The fourth-order valence-corrected chi connectivity index (χ4v) is 2.30. The van der Waals surface area contributed by atoms with E-state index >= 15 is 0 Å². The molecule has 0 aliphatic rings. The van der Waals surface area contributed by atoms with E-state index in [1.165, 1.54) is 10.4 Å². The Bertz CT molecular complexity index is 247. The molecule has 1 unspecified atom stereocenters. The summed E-state index contributed by atoms with van der Waals surface area (Å²) in [6, 6.07) is 2.37. The van der Waals surface area contributed by atoms with E-state index in [-0.39, 0.29) is 18.4 Å². The minimum atomic E-state index is 0. The van der Waals surface area contributed by atoms with Crippen molar-refractivity contribution in [1.82, 2.24) is 0 Å². The van der Waals surface area contributed by atoms with Gasteiger partial charge in [-0.15, -0.1) is 23.7 Å². The van der Waals surface area contributed by atoms with E-state index in [0.29, 0.717) is 5.92 Å². The van der Waals surface area contributed by atoms with E-state index in [4.69, 9.17) is 5.73 Å². The summed E-state index contributed by atoms with van der Waals surface area (Å²) in [5.74, 6) is 0.586. The molecule has 0 spiro atoms. The highest BCUT2D eigenvalue weighted by atomic mass is 35.5. The zero-order valence-corrected chi connectivity index (χ0v) is 10.0. The van der Waals surface area contributed by atoms with Crippen molar-refractivity contribution < 1.29 is 0 Å². The monoisotopic (exact) mass is 219 g/mol. The van der Waals surface area contributed by atoms with Crippen molar-refractivity contribution in [3.63, 3.8) is 0 Å². The highest BCUT2D eigenvalue weighted by molar-refractivity contribution is 7.10. The molecule has 1 aromatic heterocycles. The van der Waals surface area contributed by atoms with Gasteiger partial charge >= 0.3 is 0 Å². The number of aryl methyl sites for hydroxylation is 1. The van der Waals surface area contributed by atoms with Crippen molar-refractivity contribution in [2.45, 2.75) is 33.2 Å². The molecule has 0 aliphatic heterocycles. The molecular formula is C10H18ClNS. The van der Waals surface area contributed by atoms with Crippen LogP contribution in [0.1, 0.15) is 36.8 Å². The summed E-state index contributed by atoms with van der Waals surface area (Å²) < 4.78 is 0. The van der Waals surface area contributed by atoms with Crippen LogP contribution in [-0.4, -0.2) is 0 Å². The van der Waals surface area contributed by atoms with Crippen LogP contribution in [0.25, 0.3) is 0 Å². The van der Waals surface area contributed by atoms with E-state index < -0.39 is 0 Å². The number of thiophene rings is 1. The Balaban J connectivity index is 0.00000144. The third-order valence-corrected chi connectivity index (χ3v) is 3.58. The molecule has 0 fully saturated rings. The lowest BCUT2D eigenvalue weighted by Gasteiger charge is -2.17. The Hall–Kier alpha value is -0.0500. The molecule has 1 nitrogen and oxygen atoms in total. The van der Waals surface area contributed by atoms with Crippen LogP contribution in [0.5, 0.6) is 0 Å². The molecular weight excluding hydrogens is 202 g/mol. The maximum atomic E-state index is 6.10. The second-order valence-corrected chi connectivity index (χ2v) is 4.33. The van der Waals surface area contributed by atoms with Crippen LogP contribution in [0.2, 0.25) is 0 Å². The summed E-state index contributed by atoms with van der Waals surface area (Å²) in [6.45, 7) is 6.53. The minimum absolute atomic E-state index is 0. The lowest BCUT2D eigenvalue weighted by atomic mass is 9.97. The molecule has 0 aromatic carbocycles. The van der Waals surface area contributed by atoms with Gasteiger partial charge in [-0.3, -0.25) is 0 Å². The van der Waals surface area contributed by atoms with Crippen LogP contribution in [0.15, 0.2) is 11.4 Å². The largest absolute Gasteiger partial charge is 0.323 e. The Morgan fingerprint density at radius 3 is 2.54 bits per heavy atom. The highest BCUT2D eigenvalue weighted by Gasteiger charge is 2.15. The minimum Gasteiger partial charge on any atom is -0.323 e. The van der Waals surface area contributed by atoms with Crippen molar-refractivity contribution in [3.05, 3.63) is 21.9 Å². The van der Waals surface area contributed by atoms with Crippen molar-refractivity contribution in [2.75, 3.05) is 0 Å². The van der Waals surface area contributed by atoms with Crippen LogP contribution in [0, 0.1) is 12.8 Å². The van der Waals surface area contributed by atoms with Gasteiger partial charge in [-0.05, 0) is 29.9 Å². The number of hydrogen-bond acceptors (Lipinski definition) is 2. The number of halogens is 1. The highest BCUT2D eigenvalue weighted by Crippen LogP contribution is 2.28. The van der Waals surface area contributed by atoms with Gasteiger partial charge in [-0.25, -0.2) is 0 Å². The molecule has 0 amide bonds. The van der Waals surface area contributed by atoms with Gasteiger partial charge in [0.05, 0.1) is 0 Å². The zero-order chi connectivity index (χ0) is 9.14. The molecule has 3 heteroatoms. The molecule has 1 heterocycles. The first-order chi connectivity index (χ1) is 5.66. The Labute approximate surface area is 90.8 Å². The van der Waals surface area contributed by atoms with Gasteiger partial charge in [0.1, 0.15) is 0 Å².